The first-order valence-corrected chi connectivity index (χ1v) is 5.39. The predicted molar refractivity (Wildman–Crippen MR) is 60.0 cm³/mol. The lowest BCUT2D eigenvalue weighted by Gasteiger charge is -1.99. The molecule has 1 N–H and O–H groups in total. The standard InChI is InChI=1S/C11H11BrO3/c12-9-6-4-8(5-7-9)10(13)2-1-3-11(14)15/h4-7H,1-3H2,(H,14,15). The number of carbonyl (C=O) groups excluding carboxylic acids is 1. The molecule has 0 aliphatic heterocycles. The van der Waals surface area contributed by atoms with Gasteiger partial charge in [0.25, 0.3) is 0 Å². The molecule has 0 saturated heterocycles. The number of halogens is 1. The van der Waals surface area contributed by atoms with Crippen molar-refractivity contribution in [1.82, 2.24) is 0 Å². The third kappa shape index (κ3) is 4.25. The summed E-state index contributed by atoms with van der Waals surface area (Å²) >= 11 is 3.28. The molecular formula is C11H11BrO3. The average molecular weight is 271 g/mol. The SMILES string of the molecule is O=C(O)CCCC(=O)c1ccc(Br)cc1. The van der Waals surface area contributed by atoms with E-state index in [0.29, 0.717) is 12.0 Å². The van der Waals surface area contributed by atoms with Gasteiger partial charge in [-0.15, -0.1) is 0 Å². The van der Waals surface area contributed by atoms with E-state index in [0.717, 1.165) is 4.47 Å². The van der Waals surface area contributed by atoms with Crippen LogP contribution in [0.4, 0.5) is 0 Å². The van der Waals surface area contributed by atoms with Gasteiger partial charge in [0.2, 0.25) is 0 Å². The molecule has 0 heterocycles. The second-order valence-corrected chi connectivity index (χ2v) is 4.09. The smallest absolute Gasteiger partial charge is 0.303 e. The molecule has 0 unspecified atom stereocenters. The highest BCUT2D eigenvalue weighted by Crippen LogP contribution is 2.12. The highest BCUT2D eigenvalue weighted by molar-refractivity contribution is 9.10. The number of ketones is 1. The molecule has 0 spiro atoms. The molecule has 0 aromatic heterocycles. The third-order valence-corrected chi connectivity index (χ3v) is 2.49. The van der Waals surface area contributed by atoms with Gasteiger partial charge in [0, 0.05) is 22.9 Å². The van der Waals surface area contributed by atoms with Gasteiger partial charge >= 0.3 is 5.97 Å². The van der Waals surface area contributed by atoms with Gasteiger partial charge in [0.05, 0.1) is 0 Å². The highest BCUT2D eigenvalue weighted by atomic mass is 79.9. The Morgan fingerprint density at radius 2 is 1.73 bits per heavy atom. The number of carboxylic acids is 1. The van der Waals surface area contributed by atoms with Gasteiger partial charge in [0.1, 0.15) is 0 Å². The van der Waals surface area contributed by atoms with Crippen molar-refractivity contribution in [2.45, 2.75) is 19.3 Å². The first-order valence-electron chi connectivity index (χ1n) is 4.60. The first kappa shape index (κ1) is 11.9. The number of hydrogen-bond acceptors (Lipinski definition) is 2. The van der Waals surface area contributed by atoms with Crippen LogP contribution in [0.1, 0.15) is 29.6 Å². The average Bonchev–Trinajstić information content (AvgIpc) is 2.18. The van der Waals surface area contributed by atoms with Gasteiger partial charge in [-0.05, 0) is 18.6 Å². The fourth-order valence-electron chi connectivity index (χ4n) is 1.18. The van der Waals surface area contributed by atoms with Crippen LogP contribution in [-0.4, -0.2) is 16.9 Å². The Labute approximate surface area is 96.2 Å². The predicted octanol–water partition coefficient (Wildman–Crippen LogP) is 2.89. The molecule has 0 aliphatic rings. The second-order valence-electron chi connectivity index (χ2n) is 3.18. The maximum atomic E-state index is 11.5. The summed E-state index contributed by atoms with van der Waals surface area (Å²) in [6.07, 6.45) is 0.723. The second kappa shape index (κ2) is 5.66. The van der Waals surface area contributed by atoms with Crippen molar-refractivity contribution in [3.05, 3.63) is 34.3 Å². The van der Waals surface area contributed by atoms with E-state index in [1.54, 1.807) is 24.3 Å². The van der Waals surface area contributed by atoms with Crippen molar-refractivity contribution in [3.8, 4) is 0 Å². The Kier molecular flexibility index (Phi) is 4.49. The Morgan fingerprint density at radius 1 is 1.13 bits per heavy atom. The van der Waals surface area contributed by atoms with Gasteiger partial charge in [-0.3, -0.25) is 9.59 Å². The van der Waals surface area contributed by atoms with Crippen LogP contribution in [0.2, 0.25) is 0 Å². The van der Waals surface area contributed by atoms with E-state index < -0.39 is 5.97 Å². The van der Waals surface area contributed by atoms with Crippen LogP contribution >= 0.6 is 15.9 Å². The minimum atomic E-state index is -0.862. The van der Waals surface area contributed by atoms with E-state index in [9.17, 15) is 9.59 Å². The van der Waals surface area contributed by atoms with Crippen LogP contribution in [0.15, 0.2) is 28.7 Å². The van der Waals surface area contributed by atoms with Gasteiger partial charge < -0.3 is 5.11 Å². The zero-order chi connectivity index (χ0) is 11.3. The van der Waals surface area contributed by atoms with Crippen LogP contribution in [0.5, 0.6) is 0 Å². The summed E-state index contributed by atoms with van der Waals surface area (Å²) in [5.74, 6) is -0.873. The van der Waals surface area contributed by atoms with E-state index >= 15 is 0 Å². The normalized spacial score (nSPS) is 9.93. The zero-order valence-corrected chi connectivity index (χ0v) is 9.66. The molecule has 0 atom stereocenters. The Hall–Kier alpha value is -1.16. The van der Waals surface area contributed by atoms with E-state index in [1.807, 2.05) is 0 Å². The summed E-state index contributed by atoms with van der Waals surface area (Å²) in [6, 6.07) is 7.05. The van der Waals surface area contributed by atoms with Crippen molar-refractivity contribution in [2.75, 3.05) is 0 Å². The Bertz CT molecular complexity index is 357. The lowest BCUT2D eigenvalue weighted by molar-refractivity contribution is -0.137. The molecule has 1 rings (SSSR count). The quantitative estimate of drug-likeness (QED) is 0.838. The molecule has 0 bridgehead atoms. The summed E-state index contributed by atoms with van der Waals surface area (Å²) < 4.78 is 0.921. The lowest BCUT2D eigenvalue weighted by Crippen LogP contribution is -2.01. The van der Waals surface area contributed by atoms with E-state index in [2.05, 4.69) is 15.9 Å². The fraction of sp³-hybridized carbons (Fsp3) is 0.273. The topological polar surface area (TPSA) is 54.4 Å². The Morgan fingerprint density at radius 3 is 2.27 bits per heavy atom. The zero-order valence-electron chi connectivity index (χ0n) is 8.07. The molecule has 80 valence electrons. The summed E-state index contributed by atoms with van der Waals surface area (Å²) in [4.78, 5) is 21.8. The van der Waals surface area contributed by atoms with Crippen molar-refractivity contribution in [2.24, 2.45) is 0 Å². The molecule has 0 aliphatic carbocycles. The van der Waals surface area contributed by atoms with Crippen LogP contribution in [0, 0.1) is 0 Å². The number of aliphatic carboxylic acids is 1. The maximum absolute atomic E-state index is 11.5. The number of hydrogen-bond donors (Lipinski definition) is 1. The summed E-state index contributed by atoms with van der Waals surface area (Å²) in [5.41, 5.74) is 0.628. The van der Waals surface area contributed by atoms with Crippen molar-refractivity contribution in [3.63, 3.8) is 0 Å². The summed E-state index contributed by atoms with van der Waals surface area (Å²) in [5, 5.41) is 8.42. The van der Waals surface area contributed by atoms with Crippen molar-refractivity contribution < 1.29 is 14.7 Å². The first-order chi connectivity index (χ1) is 7.09. The minimum absolute atomic E-state index is 0.0104. The van der Waals surface area contributed by atoms with Gasteiger partial charge in [-0.2, -0.15) is 0 Å². The Balaban J connectivity index is 2.47. The summed E-state index contributed by atoms with van der Waals surface area (Å²) in [6.45, 7) is 0. The van der Waals surface area contributed by atoms with Crippen LogP contribution < -0.4 is 0 Å². The number of benzene rings is 1. The largest absolute Gasteiger partial charge is 0.481 e. The molecule has 0 fully saturated rings. The molecule has 15 heavy (non-hydrogen) atoms. The molecule has 1 aromatic rings. The molecule has 3 nitrogen and oxygen atoms in total. The number of carboxylic acid groups (broad SMARTS) is 1. The molecule has 1 aromatic carbocycles. The highest BCUT2D eigenvalue weighted by Gasteiger charge is 2.06. The lowest BCUT2D eigenvalue weighted by atomic mass is 10.1. The molecule has 0 radical (unpaired) electrons. The van der Waals surface area contributed by atoms with Crippen molar-refractivity contribution >= 4 is 27.7 Å². The monoisotopic (exact) mass is 270 g/mol. The van der Waals surface area contributed by atoms with E-state index in [-0.39, 0.29) is 18.6 Å². The molecular weight excluding hydrogens is 260 g/mol. The van der Waals surface area contributed by atoms with Crippen LogP contribution in [-0.2, 0) is 4.79 Å². The van der Waals surface area contributed by atoms with E-state index in [4.69, 9.17) is 5.11 Å². The third-order valence-electron chi connectivity index (χ3n) is 1.96. The molecule has 4 heteroatoms. The van der Waals surface area contributed by atoms with Crippen LogP contribution in [0.3, 0.4) is 0 Å². The molecule has 0 amide bonds. The van der Waals surface area contributed by atoms with Crippen LogP contribution in [0.25, 0.3) is 0 Å². The van der Waals surface area contributed by atoms with Gasteiger partial charge in [0.15, 0.2) is 5.78 Å². The fourth-order valence-corrected chi connectivity index (χ4v) is 1.44. The van der Waals surface area contributed by atoms with Crippen molar-refractivity contribution in [1.29, 1.82) is 0 Å². The van der Waals surface area contributed by atoms with Gasteiger partial charge in [-0.25, -0.2) is 0 Å². The summed E-state index contributed by atoms with van der Waals surface area (Å²) in [7, 11) is 0. The number of Topliss-reactive ketones (excluding diaryl/α,β-unsaturated/α-hetero) is 1. The minimum Gasteiger partial charge on any atom is -0.481 e. The van der Waals surface area contributed by atoms with Gasteiger partial charge in [-0.1, -0.05) is 28.1 Å². The van der Waals surface area contributed by atoms with E-state index in [1.165, 1.54) is 0 Å². The molecule has 0 saturated carbocycles. The number of carbonyl (C=O) groups is 2. The maximum Gasteiger partial charge on any atom is 0.303 e. The number of rotatable bonds is 5.